The van der Waals surface area contributed by atoms with Gasteiger partial charge in [0, 0.05) is 5.39 Å². The van der Waals surface area contributed by atoms with Gasteiger partial charge in [0.15, 0.2) is 5.75 Å². The summed E-state index contributed by atoms with van der Waals surface area (Å²) in [5.74, 6) is 0.378. The topological polar surface area (TPSA) is 38.3 Å². The van der Waals surface area contributed by atoms with Crippen molar-refractivity contribution in [3.8, 4) is 5.75 Å². The number of carbonyl (C=O) groups excluding carboxylic acids is 1. The van der Waals surface area contributed by atoms with Gasteiger partial charge < -0.3 is 10.1 Å². The van der Waals surface area contributed by atoms with E-state index >= 15 is 0 Å². The van der Waals surface area contributed by atoms with Crippen LogP contribution >= 0.6 is 0 Å². The van der Waals surface area contributed by atoms with Gasteiger partial charge in [0.25, 0.3) is 0 Å². The lowest BCUT2D eigenvalue weighted by Crippen LogP contribution is -2.24. The number of fused-ring (bicyclic) bond motifs is 3. The second-order valence-electron chi connectivity index (χ2n) is 3.49. The van der Waals surface area contributed by atoms with Crippen LogP contribution in [0.3, 0.4) is 0 Å². The van der Waals surface area contributed by atoms with E-state index in [9.17, 15) is 4.79 Å². The van der Waals surface area contributed by atoms with Crippen LogP contribution in [0.4, 0.5) is 5.69 Å². The monoisotopic (exact) mass is 199 g/mol. The lowest BCUT2D eigenvalue weighted by Gasteiger charge is -2.18. The molecular weight excluding hydrogens is 190 g/mol. The van der Waals surface area contributed by atoms with Crippen molar-refractivity contribution in [1.29, 1.82) is 0 Å². The van der Waals surface area contributed by atoms with Gasteiger partial charge in [-0.15, -0.1) is 0 Å². The normalized spacial score (nSPS) is 14.3. The van der Waals surface area contributed by atoms with Gasteiger partial charge in [0.2, 0.25) is 0 Å². The van der Waals surface area contributed by atoms with Crippen LogP contribution in [0.5, 0.6) is 5.75 Å². The van der Waals surface area contributed by atoms with E-state index in [1.54, 1.807) is 0 Å². The summed E-state index contributed by atoms with van der Waals surface area (Å²) in [5, 5.41) is 5.31. The largest absolute Gasteiger partial charge is 0.423 e. The Labute approximate surface area is 86.7 Å². The zero-order valence-electron chi connectivity index (χ0n) is 7.99. The van der Waals surface area contributed by atoms with Crippen molar-refractivity contribution in [3.63, 3.8) is 0 Å². The standard InChI is InChI=1S/C12H9NO2/c14-11-7-13-12-9-4-2-1-3-8(9)5-6-10(12)15-11/h1-6,13H,7H2. The molecule has 0 aliphatic carbocycles. The maximum atomic E-state index is 11.1. The van der Waals surface area contributed by atoms with Crippen molar-refractivity contribution in [2.24, 2.45) is 0 Å². The average Bonchev–Trinajstić information content (AvgIpc) is 2.28. The van der Waals surface area contributed by atoms with Gasteiger partial charge in [0.05, 0.1) is 5.69 Å². The van der Waals surface area contributed by atoms with E-state index < -0.39 is 0 Å². The van der Waals surface area contributed by atoms with Crippen LogP contribution in [-0.4, -0.2) is 12.5 Å². The Balaban J connectivity index is 2.30. The van der Waals surface area contributed by atoms with Crippen LogP contribution in [0.25, 0.3) is 10.8 Å². The summed E-state index contributed by atoms with van der Waals surface area (Å²) in [6.45, 7) is 0.237. The summed E-state index contributed by atoms with van der Waals surface area (Å²) in [5.41, 5.74) is 0.910. The molecule has 0 amide bonds. The Morgan fingerprint density at radius 3 is 2.93 bits per heavy atom. The highest BCUT2D eigenvalue weighted by Gasteiger charge is 2.17. The Bertz CT molecular complexity index is 548. The lowest BCUT2D eigenvalue weighted by atomic mass is 10.1. The quantitative estimate of drug-likeness (QED) is 0.522. The first-order valence-corrected chi connectivity index (χ1v) is 4.81. The van der Waals surface area contributed by atoms with Crippen molar-refractivity contribution >= 4 is 22.4 Å². The van der Waals surface area contributed by atoms with Crippen LogP contribution < -0.4 is 10.1 Å². The smallest absolute Gasteiger partial charge is 0.330 e. The van der Waals surface area contributed by atoms with E-state index in [0.717, 1.165) is 16.5 Å². The number of hydrogen-bond acceptors (Lipinski definition) is 3. The molecule has 0 saturated heterocycles. The first-order valence-electron chi connectivity index (χ1n) is 4.81. The number of esters is 1. The molecule has 3 rings (SSSR count). The molecule has 0 spiro atoms. The fourth-order valence-electron chi connectivity index (χ4n) is 1.84. The first kappa shape index (κ1) is 8.29. The fraction of sp³-hybridized carbons (Fsp3) is 0.0833. The Kier molecular flexibility index (Phi) is 1.65. The highest BCUT2D eigenvalue weighted by molar-refractivity contribution is 6.00. The van der Waals surface area contributed by atoms with Gasteiger partial charge >= 0.3 is 5.97 Å². The molecule has 0 bridgehead atoms. The van der Waals surface area contributed by atoms with Crippen molar-refractivity contribution in [2.45, 2.75) is 0 Å². The summed E-state index contributed by atoms with van der Waals surface area (Å²) in [7, 11) is 0. The number of carbonyl (C=O) groups is 1. The molecule has 2 aromatic carbocycles. The fourth-order valence-corrected chi connectivity index (χ4v) is 1.84. The molecule has 0 unspecified atom stereocenters. The van der Waals surface area contributed by atoms with Gasteiger partial charge in [-0.1, -0.05) is 30.3 Å². The van der Waals surface area contributed by atoms with E-state index in [1.807, 2.05) is 36.4 Å². The summed E-state index contributed by atoms with van der Waals surface area (Å²) < 4.78 is 5.14. The van der Waals surface area contributed by atoms with Gasteiger partial charge in [0.1, 0.15) is 6.54 Å². The van der Waals surface area contributed by atoms with E-state index in [0.29, 0.717) is 5.75 Å². The molecule has 74 valence electrons. The van der Waals surface area contributed by atoms with E-state index in [1.165, 1.54) is 0 Å². The number of anilines is 1. The number of ether oxygens (including phenoxy) is 1. The predicted molar refractivity (Wildman–Crippen MR) is 58.1 cm³/mol. The zero-order valence-corrected chi connectivity index (χ0v) is 7.99. The molecule has 0 atom stereocenters. The zero-order chi connectivity index (χ0) is 10.3. The first-order chi connectivity index (χ1) is 7.34. The number of nitrogens with one attached hydrogen (secondary N) is 1. The number of rotatable bonds is 0. The predicted octanol–water partition coefficient (Wildman–Crippen LogP) is 2.17. The molecule has 0 aromatic heterocycles. The minimum atomic E-state index is -0.238. The van der Waals surface area contributed by atoms with Gasteiger partial charge in [-0.05, 0) is 11.5 Å². The van der Waals surface area contributed by atoms with Crippen LogP contribution in [-0.2, 0) is 4.79 Å². The second-order valence-corrected chi connectivity index (χ2v) is 3.49. The third kappa shape index (κ3) is 1.24. The molecule has 0 saturated carbocycles. The van der Waals surface area contributed by atoms with Crippen molar-refractivity contribution in [3.05, 3.63) is 36.4 Å². The van der Waals surface area contributed by atoms with Crippen molar-refractivity contribution in [1.82, 2.24) is 0 Å². The summed E-state index contributed by atoms with van der Waals surface area (Å²) in [6.07, 6.45) is 0. The summed E-state index contributed by atoms with van der Waals surface area (Å²) in [6, 6.07) is 11.8. The summed E-state index contributed by atoms with van der Waals surface area (Å²) in [4.78, 5) is 11.1. The highest BCUT2D eigenvalue weighted by atomic mass is 16.5. The number of benzene rings is 2. The Morgan fingerprint density at radius 1 is 1.13 bits per heavy atom. The molecule has 3 nitrogen and oxygen atoms in total. The molecule has 1 aliphatic heterocycles. The third-order valence-electron chi connectivity index (χ3n) is 2.52. The maximum absolute atomic E-state index is 11.1. The van der Waals surface area contributed by atoms with Crippen LogP contribution in [0.1, 0.15) is 0 Å². The van der Waals surface area contributed by atoms with Gasteiger partial charge in [-0.25, -0.2) is 4.79 Å². The highest BCUT2D eigenvalue weighted by Crippen LogP contribution is 2.34. The molecule has 0 radical (unpaired) electrons. The van der Waals surface area contributed by atoms with Gasteiger partial charge in [-0.3, -0.25) is 0 Å². The average molecular weight is 199 g/mol. The SMILES string of the molecule is O=C1CNc2c(ccc3ccccc23)O1. The van der Waals surface area contributed by atoms with Crippen molar-refractivity contribution < 1.29 is 9.53 Å². The molecular formula is C12H9NO2. The molecule has 1 heterocycles. The van der Waals surface area contributed by atoms with Crippen molar-refractivity contribution in [2.75, 3.05) is 11.9 Å². The lowest BCUT2D eigenvalue weighted by molar-refractivity contribution is -0.132. The van der Waals surface area contributed by atoms with Crippen LogP contribution in [0.2, 0.25) is 0 Å². The van der Waals surface area contributed by atoms with Crippen LogP contribution in [0.15, 0.2) is 36.4 Å². The van der Waals surface area contributed by atoms with E-state index in [-0.39, 0.29) is 12.5 Å². The minimum Gasteiger partial charge on any atom is -0.423 e. The van der Waals surface area contributed by atoms with Gasteiger partial charge in [-0.2, -0.15) is 0 Å². The molecule has 1 N–H and O–H groups in total. The minimum absolute atomic E-state index is 0.237. The molecule has 15 heavy (non-hydrogen) atoms. The molecule has 0 fully saturated rings. The summed E-state index contributed by atoms with van der Waals surface area (Å²) >= 11 is 0. The second kappa shape index (κ2) is 2.98. The Hall–Kier alpha value is -2.03. The van der Waals surface area contributed by atoms with E-state index in [4.69, 9.17) is 4.74 Å². The molecule has 1 aliphatic rings. The van der Waals surface area contributed by atoms with Crippen LogP contribution in [0, 0.1) is 0 Å². The Morgan fingerprint density at radius 2 is 2.00 bits per heavy atom. The third-order valence-corrected chi connectivity index (χ3v) is 2.52. The molecule has 3 heteroatoms. The van der Waals surface area contributed by atoms with E-state index in [2.05, 4.69) is 5.32 Å². The molecule has 2 aromatic rings. The maximum Gasteiger partial charge on any atom is 0.330 e. The number of hydrogen-bond donors (Lipinski definition) is 1.